The molecule has 0 saturated carbocycles. The third-order valence-corrected chi connectivity index (χ3v) is 7.07. The van der Waals surface area contributed by atoms with E-state index in [9.17, 15) is 9.59 Å². The zero-order valence-corrected chi connectivity index (χ0v) is 19.5. The quantitative estimate of drug-likeness (QED) is 0.352. The lowest BCUT2D eigenvalue weighted by atomic mass is 10.0. The molecule has 1 atom stereocenters. The molecule has 0 bridgehead atoms. The number of aryl methyl sites for hydroxylation is 2. The van der Waals surface area contributed by atoms with Crippen molar-refractivity contribution in [2.24, 2.45) is 0 Å². The predicted molar refractivity (Wildman–Crippen MR) is 133 cm³/mol. The van der Waals surface area contributed by atoms with E-state index in [2.05, 4.69) is 20.6 Å². The Morgan fingerprint density at radius 1 is 1.06 bits per heavy atom. The van der Waals surface area contributed by atoms with Gasteiger partial charge in [0.2, 0.25) is 5.91 Å². The van der Waals surface area contributed by atoms with Crippen LogP contribution in [0.1, 0.15) is 34.5 Å². The largest absolute Gasteiger partial charge is 0.445 e. The molecular formula is C26H26N4O3S. The number of hydrogen-bond donors (Lipinski definition) is 3. The Labute approximate surface area is 201 Å². The molecule has 0 fully saturated rings. The van der Waals surface area contributed by atoms with Crippen molar-refractivity contribution in [3.63, 3.8) is 0 Å². The summed E-state index contributed by atoms with van der Waals surface area (Å²) in [5, 5.41) is 7.29. The summed E-state index contributed by atoms with van der Waals surface area (Å²) in [7, 11) is 0. The van der Waals surface area contributed by atoms with Crippen LogP contribution in [0, 0.1) is 0 Å². The Hall–Kier alpha value is -3.65. The van der Waals surface area contributed by atoms with Crippen LogP contribution >= 0.6 is 11.3 Å². The molecule has 3 N–H and O–H groups in total. The van der Waals surface area contributed by atoms with E-state index < -0.39 is 12.1 Å². The average molecular weight is 475 g/mol. The van der Waals surface area contributed by atoms with Gasteiger partial charge < -0.3 is 20.4 Å². The highest BCUT2D eigenvalue weighted by Crippen LogP contribution is 2.29. The van der Waals surface area contributed by atoms with E-state index in [4.69, 9.17) is 4.74 Å². The van der Waals surface area contributed by atoms with Crippen LogP contribution < -0.4 is 10.6 Å². The maximum absolute atomic E-state index is 13.3. The lowest BCUT2D eigenvalue weighted by molar-refractivity contribution is -0.118. The second kappa shape index (κ2) is 10.1. The van der Waals surface area contributed by atoms with E-state index >= 15 is 0 Å². The monoisotopic (exact) mass is 474 g/mol. The summed E-state index contributed by atoms with van der Waals surface area (Å²) >= 11 is 1.52. The molecule has 0 spiro atoms. The van der Waals surface area contributed by atoms with Crippen LogP contribution in [0.25, 0.3) is 10.9 Å². The van der Waals surface area contributed by atoms with Gasteiger partial charge in [0.05, 0.1) is 5.69 Å². The SMILES string of the molecule is O=C(N[C@@H](Cc1c[nH]c2ccccc12)C(=O)Nc1nc2c(s1)CCCC2)OCc1ccccc1. The fourth-order valence-corrected chi connectivity index (χ4v) is 5.29. The second-order valence-electron chi connectivity index (χ2n) is 8.41. The van der Waals surface area contributed by atoms with Gasteiger partial charge in [-0.1, -0.05) is 48.5 Å². The van der Waals surface area contributed by atoms with Gasteiger partial charge in [-0.3, -0.25) is 4.79 Å². The summed E-state index contributed by atoms with van der Waals surface area (Å²) in [6.07, 6.45) is 5.80. The van der Waals surface area contributed by atoms with E-state index in [0.717, 1.165) is 53.4 Å². The number of anilines is 1. The summed E-state index contributed by atoms with van der Waals surface area (Å²) < 4.78 is 5.38. The molecule has 4 aromatic rings. The van der Waals surface area contributed by atoms with Gasteiger partial charge in [-0.05, 0) is 42.9 Å². The maximum atomic E-state index is 13.3. The molecular weight excluding hydrogens is 448 g/mol. The Morgan fingerprint density at radius 2 is 1.85 bits per heavy atom. The predicted octanol–water partition coefficient (Wildman–Crippen LogP) is 4.98. The summed E-state index contributed by atoms with van der Waals surface area (Å²) in [5.74, 6) is -0.312. The minimum Gasteiger partial charge on any atom is -0.445 e. The van der Waals surface area contributed by atoms with Gasteiger partial charge in [-0.15, -0.1) is 11.3 Å². The van der Waals surface area contributed by atoms with Crippen molar-refractivity contribution in [1.82, 2.24) is 15.3 Å². The fraction of sp³-hybridized carbons (Fsp3) is 0.269. The molecule has 174 valence electrons. The Morgan fingerprint density at radius 3 is 2.71 bits per heavy atom. The summed E-state index contributed by atoms with van der Waals surface area (Å²) in [5.41, 5.74) is 3.88. The van der Waals surface area contributed by atoms with Gasteiger partial charge >= 0.3 is 6.09 Å². The first-order valence-corrected chi connectivity index (χ1v) is 12.3. The number of benzene rings is 2. The van der Waals surface area contributed by atoms with E-state index in [1.807, 2.05) is 60.8 Å². The number of para-hydroxylation sites is 1. The van der Waals surface area contributed by atoms with Crippen molar-refractivity contribution < 1.29 is 14.3 Å². The van der Waals surface area contributed by atoms with Crippen LogP contribution in [0.2, 0.25) is 0 Å². The molecule has 1 aliphatic carbocycles. The highest BCUT2D eigenvalue weighted by molar-refractivity contribution is 7.15. The van der Waals surface area contributed by atoms with Crippen molar-refractivity contribution in [3.8, 4) is 0 Å². The van der Waals surface area contributed by atoms with E-state index in [1.165, 1.54) is 16.2 Å². The van der Waals surface area contributed by atoms with E-state index in [-0.39, 0.29) is 12.5 Å². The third-order valence-electron chi connectivity index (χ3n) is 6.00. The highest BCUT2D eigenvalue weighted by atomic mass is 32.1. The molecule has 7 nitrogen and oxygen atoms in total. The van der Waals surface area contributed by atoms with Gasteiger partial charge in [0.15, 0.2) is 5.13 Å². The Balaban J connectivity index is 1.31. The third kappa shape index (κ3) is 5.12. The van der Waals surface area contributed by atoms with Crippen LogP contribution in [0.5, 0.6) is 0 Å². The average Bonchev–Trinajstić information content (AvgIpc) is 3.46. The van der Waals surface area contributed by atoms with Gasteiger partial charge in [0.1, 0.15) is 12.6 Å². The second-order valence-corrected chi connectivity index (χ2v) is 9.49. The van der Waals surface area contributed by atoms with Gasteiger partial charge in [-0.25, -0.2) is 9.78 Å². The number of fused-ring (bicyclic) bond motifs is 2. The minimum absolute atomic E-state index is 0.132. The molecule has 2 aromatic carbocycles. The molecule has 2 aromatic heterocycles. The number of nitrogens with zero attached hydrogens (tertiary/aromatic N) is 1. The number of aromatic amines is 1. The molecule has 2 amide bonds. The van der Waals surface area contributed by atoms with Crippen LogP contribution in [-0.4, -0.2) is 28.0 Å². The molecule has 0 aliphatic heterocycles. The van der Waals surface area contributed by atoms with E-state index in [0.29, 0.717) is 11.6 Å². The van der Waals surface area contributed by atoms with Crippen molar-refractivity contribution >= 4 is 39.4 Å². The first kappa shape index (κ1) is 22.2. The highest BCUT2D eigenvalue weighted by Gasteiger charge is 2.25. The van der Waals surface area contributed by atoms with Crippen molar-refractivity contribution in [2.45, 2.75) is 44.8 Å². The van der Waals surface area contributed by atoms with Crippen LogP contribution in [0.4, 0.5) is 9.93 Å². The molecule has 0 unspecified atom stereocenters. The Bertz CT molecular complexity index is 1270. The van der Waals surface area contributed by atoms with Crippen molar-refractivity contribution in [1.29, 1.82) is 0 Å². The number of aromatic nitrogens is 2. The number of carbonyl (C=O) groups is 2. The summed E-state index contributed by atoms with van der Waals surface area (Å²) in [6, 6.07) is 16.5. The summed E-state index contributed by atoms with van der Waals surface area (Å²) in [6.45, 7) is 0.132. The number of nitrogens with one attached hydrogen (secondary N) is 3. The van der Waals surface area contributed by atoms with Gasteiger partial charge in [0, 0.05) is 28.4 Å². The lowest BCUT2D eigenvalue weighted by Gasteiger charge is -2.17. The molecule has 8 heteroatoms. The van der Waals surface area contributed by atoms with E-state index in [1.54, 1.807) is 0 Å². The molecule has 0 radical (unpaired) electrons. The Kier molecular flexibility index (Phi) is 6.58. The molecule has 1 aliphatic rings. The molecule has 34 heavy (non-hydrogen) atoms. The molecule has 0 saturated heterocycles. The number of H-pyrrole nitrogens is 1. The number of thiazole rings is 1. The van der Waals surface area contributed by atoms with Crippen LogP contribution in [-0.2, 0) is 35.4 Å². The number of amides is 2. The topological polar surface area (TPSA) is 96.1 Å². The normalized spacial score (nSPS) is 13.8. The maximum Gasteiger partial charge on any atom is 0.408 e. The number of alkyl carbamates (subject to hydrolysis) is 1. The standard InChI is InChI=1S/C26H26N4O3S/c31-24(30-25-28-21-12-6-7-13-23(21)34-25)22(14-18-15-27-20-11-5-4-10-19(18)20)29-26(32)33-16-17-8-2-1-3-9-17/h1-5,8-11,15,22,27H,6-7,12-14,16H2,(H,29,32)(H,28,30,31)/t22-/m0/s1. The van der Waals surface area contributed by atoms with Gasteiger partial charge in [-0.2, -0.15) is 0 Å². The summed E-state index contributed by atoms with van der Waals surface area (Å²) in [4.78, 5) is 35.0. The number of rotatable bonds is 7. The first-order chi connectivity index (χ1) is 16.7. The molecule has 2 heterocycles. The first-order valence-electron chi connectivity index (χ1n) is 11.5. The smallest absolute Gasteiger partial charge is 0.408 e. The number of carbonyl (C=O) groups excluding carboxylic acids is 2. The molecule has 5 rings (SSSR count). The van der Waals surface area contributed by atoms with Crippen LogP contribution in [0.15, 0.2) is 60.8 Å². The fourth-order valence-electron chi connectivity index (χ4n) is 4.23. The number of ether oxygens (including phenoxy) is 1. The lowest BCUT2D eigenvalue weighted by Crippen LogP contribution is -2.45. The zero-order chi connectivity index (χ0) is 23.3. The number of hydrogen-bond acceptors (Lipinski definition) is 5. The van der Waals surface area contributed by atoms with Crippen LogP contribution in [0.3, 0.4) is 0 Å². The van der Waals surface area contributed by atoms with Crippen molar-refractivity contribution in [3.05, 3.63) is 82.5 Å². The van der Waals surface area contributed by atoms with Gasteiger partial charge in [0.25, 0.3) is 0 Å². The van der Waals surface area contributed by atoms with Crippen molar-refractivity contribution in [2.75, 3.05) is 5.32 Å². The zero-order valence-electron chi connectivity index (χ0n) is 18.7. The minimum atomic E-state index is -0.816.